The van der Waals surface area contributed by atoms with Crippen LogP contribution in [0, 0.1) is 5.41 Å². The first-order valence-corrected chi connectivity index (χ1v) is 7.94. The standard InChI is InChI=1S/C18H27BO/c1-16(2)10-9-13-11-14(7-8-15(13)16)19-12-17(3,4)18(5,6)20-19/h7-8,11H,9-10,12H2,1-6H3. The van der Waals surface area contributed by atoms with E-state index in [1.54, 1.807) is 5.56 Å². The summed E-state index contributed by atoms with van der Waals surface area (Å²) in [6.07, 6.45) is 3.60. The Morgan fingerprint density at radius 1 is 1.05 bits per heavy atom. The molecule has 1 nitrogen and oxygen atoms in total. The Bertz CT molecular complexity index is 526. The Kier molecular flexibility index (Phi) is 2.93. The highest BCUT2D eigenvalue weighted by atomic mass is 16.5. The summed E-state index contributed by atoms with van der Waals surface area (Å²) in [5.41, 5.74) is 4.99. The normalized spacial score (nSPS) is 25.8. The molecule has 0 saturated carbocycles. The summed E-state index contributed by atoms with van der Waals surface area (Å²) in [5, 5.41) is 0. The Morgan fingerprint density at radius 3 is 2.35 bits per heavy atom. The van der Waals surface area contributed by atoms with Gasteiger partial charge in [-0.2, -0.15) is 0 Å². The first-order valence-electron chi connectivity index (χ1n) is 7.94. The summed E-state index contributed by atoms with van der Waals surface area (Å²) >= 11 is 0. The quantitative estimate of drug-likeness (QED) is 0.702. The predicted octanol–water partition coefficient (Wildman–Crippen LogP) is 3.94. The highest BCUT2D eigenvalue weighted by molar-refractivity contribution is 6.68. The van der Waals surface area contributed by atoms with E-state index in [4.69, 9.17) is 4.65 Å². The molecule has 0 atom stereocenters. The minimum Gasteiger partial charge on any atom is -0.426 e. The second-order valence-electron chi connectivity index (χ2n) is 8.51. The number of hydrogen-bond acceptors (Lipinski definition) is 1. The molecule has 1 saturated heterocycles. The van der Waals surface area contributed by atoms with Gasteiger partial charge >= 0.3 is 6.92 Å². The van der Waals surface area contributed by atoms with Gasteiger partial charge in [0.2, 0.25) is 0 Å². The minimum atomic E-state index is -0.0457. The average Bonchev–Trinajstić information content (AvgIpc) is 2.74. The Labute approximate surface area is 124 Å². The summed E-state index contributed by atoms with van der Waals surface area (Å²) in [4.78, 5) is 0. The molecule has 108 valence electrons. The Balaban J connectivity index is 1.91. The molecule has 20 heavy (non-hydrogen) atoms. The number of hydrogen-bond donors (Lipinski definition) is 0. The fourth-order valence-corrected chi connectivity index (χ4v) is 3.71. The van der Waals surface area contributed by atoms with Crippen LogP contribution in [0.5, 0.6) is 0 Å². The van der Waals surface area contributed by atoms with E-state index in [2.05, 4.69) is 59.7 Å². The predicted molar refractivity (Wildman–Crippen MR) is 86.9 cm³/mol. The molecule has 0 radical (unpaired) electrons. The molecule has 0 aromatic heterocycles. The molecule has 0 spiro atoms. The molecule has 0 unspecified atom stereocenters. The van der Waals surface area contributed by atoms with E-state index in [0.717, 1.165) is 6.32 Å². The van der Waals surface area contributed by atoms with Crippen molar-refractivity contribution in [2.75, 3.05) is 0 Å². The Morgan fingerprint density at radius 2 is 1.75 bits per heavy atom. The van der Waals surface area contributed by atoms with E-state index in [1.807, 2.05) is 0 Å². The smallest absolute Gasteiger partial charge is 0.327 e. The van der Waals surface area contributed by atoms with Crippen LogP contribution in [0.3, 0.4) is 0 Å². The van der Waals surface area contributed by atoms with Crippen LogP contribution in [0.1, 0.15) is 59.1 Å². The molecule has 1 heterocycles. The van der Waals surface area contributed by atoms with Gasteiger partial charge in [-0.1, -0.05) is 45.9 Å². The molecule has 1 aromatic rings. The summed E-state index contributed by atoms with van der Waals surface area (Å²) in [5.74, 6) is 0. The van der Waals surface area contributed by atoms with Crippen LogP contribution in [-0.4, -0.2) is 12.5 Å². The number of aryl methyl sites for hydroxylation is 1. The number of fused-ring (bicyclic) bond motifs is 1. The molecule has 0 bridgehead atoms. The molecule has 1 aliphatic carbocycles. The van der Waals surface area contributed by atoms with E-state index in [9.17, 15) is 0 Å². The molecule has 1 aliphatic heterocycles. The molecule has 2 heteroatoms. The first kappa shape index (κ1) is 14.2. The van der Waals surface area contributed by atoms with Crippen LogP contribution >= 0.6 is 0 Å². The van der Waals surface area contributed by atoms with Crippen molar-refractivity contribution in [3.8, 4) is 0 Å². The van der Waals surface area contributed by atoms with Crippen LogP contribution < -0.4 is 5.46 Å². The van der Waals surface area contributed by atoms with Crippen LogP contribution in [0.25, 0.3) is 0 Å². The zero-order chi connectivity index (χ0) is 14.8. The fourth-order valence-electron chi connectivity index (χ4n) is 3.71. The highest BCUT2D eigenvalue weighted by Crippen LogP contribution is 2.45. The lowest BCUT2D eigenvalue weighted by molar-refractivity contribution is 0.0375. The van der Waals surface area contributed by atoms with E-state index in [1.165, 1.54) is 23.9 Å². The molecule has 2 aliphatic rings. The van der Waals surface area contributed by atoms with Gasteiger partial charge in [0.25, 0.3) is 0 Å². The summed E-state index contributed by atoms with van der Waals surface area (Å²) in [6, 6.07) is 7.06. The van der Waals surface area contributed by atoms with Gasteiger partial charge in [-0.15, -0.1) is 0 Å². The van der Waals surface area contributed by atoms with Gasteiger partial charge in [-0.25, -0.2) is 0 Å². The zero-order valence-electron chi connectivity index (χ0n) is 13.8. The lowest BCUT2D eigenvalue weighted by Gasteiger charge is -2.34. The third-order valence-electron chi connectivity index (χ3n) is 6.01. The highest BCUT2D eigenvalue weighted by Gasteiger charge is 2.50. The van der Waals surface area contributed by atoms with Gasteiger partial charge in [0.05, 0.1) is 5.60 Å². The van der Waals surface area contributed by atoms with Crippen molar-refractivity contribution in [2.24, 2.45) is 5.41 Å². The second kappa shape index (κ2) is 4.13. The molecule has 1 fully saturated rings. The van der Waals surface area contributed by atoms with Crippen molar-refractivity contribution in [1.82, 2.24) is 0 Å². The van der Waals surface area contributed by atoms with Crippen molar-refractivity contribution in [1.29, 1.82) is 0 Å². The lowest BCUT2D eigenvalue weighted by Crippen LogP contribution is -2.36. The fraction of sp³-hybridized carbons (Fsp3) is 0.667. The van der Waals surface area contributed by atoms with Crippen LogP contribution in [0.4, 0.5) is 0 Å². The maximum atomic E-state index is 6.36. The van der Waals surface area contributed by atoms with Crippen molar-refractivity contribution in [2.45, 2.75) is 71.7 Å². The van der Waals surface area contributed by atoms with Gasteiger partial charge < -0.3 is 4.65 Å². The molecule has 0 N–H and O–H groups in total. The Hall–Kier alpha value is -0.755. The van der Waals surface area contributed by atoms with E-state index in [0.29, 0.717) is 5.41 Å². The number of rotatable bonds is 1. The minimum absolute atomic E-state index is 0.0457. The summed E-state index contributed by atoms with van der Waals surface area (Å²) in [7, 11) is 0. The average molecular weight is 270 g/mol. The largest absolute Gasteiger partial charge is 0.426 e. The molecular weight excluding hydrogens is 243 g/mol. The van der Waals surface area contributed by atoms with Crippen LogP contribution in [0.15, 0.2) is 18.2 Å². The SMILES string of the molecule is CC1(C)CCc2cc(B3CC(C)(C)C(C)(C)O3)ccc21. The van der Waals surface area contributed by atoms with Gasteiger partial charge in [0, 0.05) is 0 Å². The van der Waals surface area contributed by atoms with Crippen molar-refractivity contribution in [3.05, 3.63) is 29.3 Å². The summed E-state index contributed by atoms with van der Waals surface area (Å²) in [6.45, 7) is 14.1. The van der Waals surface area contributed by atoms with Crippen molar-refractivity contribution in [3.63, 3.8) is 0 Å². The van der Waals surface area contributed by atoms with Gasteiger partial charge in [-0.05, 0) is 60.4 Å². The molecule has 0 amide bonds. The lowest BCUT2D eigenvalue weighted by atomic mass is 9.54. The molecule has 1 aromatic carbocycles. The van der Waals surface area contributed by atoms with Crippen molar-refractivity contribution < 1.29 is 4.65 Å². The monoisotopic (exact) mass is 270 g/mol. The summed E-state index contributed by atoms with van der Waals surface area (Å²) < 4.78 is 6.36. The molecular formula is C18H27BO. The molecule has 3 rings (SSSR count). The first-order chi connectivity index (χ1) is 9.12. The maximum absolute atomic E-state index is 6.36. The van der Waals surface area contributed by atoms with Gasteiger partial charge in [0.1, 0.15) is 0 Å². The third-order valence-corrected chi connectivity index (χ3v) is 6.01. The maximum Gasteiger partial charge on any atom is 0.327 e. The van der Waals surface area contributed by atoms with Crippen molar-refractivity contribution >= 4 is 12.4 Å². The third kappa shape index (κ3) is 2.04. The van der Waals surface area contributed by atoms with Crippen LogP contribution in [0.2, 0.25) is 6.32 Å². The van der Waals surface area contributed by atoms with Gasteiger partial charge in [0.15, 0.2) is 0 Å². The van der Waals surface area contributed by atoms with E-state index < -0.39 is 0 Å². The van der Waals surface area contributed by atoms with E-state index >= 15 is 0 Å². The number of benzene rings is 1. The second-order valence-corrected chi connectivity index (χ2v) is 8.51. The van der Waals surface area contributed by atoms with E-state index in [-0.39, 0.29) is 17.9 Å². The zero-order valence-corrected chi connectivity index (χ0v) is 13.8. The van der Waals surface area contributed by atoms with Gasteiger partial charge in [-0.3, -0.25) is 0 Å². The van der Waals surface area contributed by atoms with Crippen LogP contribution in [-0.2, 0) is 16.5 Å². The topological polar surface area (TPSA) is 9.23 Å².